The quantitative estimate of drug-likeness (QED) is 0.749. The molecule has 0 bridgehead atoms. The monoisotopic (exact) mass is 262 g/mol. The second-order valence-corrected chi connectivity index (χ2v) is 7.43. The van der Waals surface area contributed by atoms with Gasteiger partial charge in [-0.1, -0.05) is 6.92 Å². The van der Waals surface area contributed by atoms with Crippen molar-refractivity contribution in [3.63, 3.8) is 0 Å². The SMILES string of the molecule is CC1CCC(CN)(NC(=O)CS(C)(=O)=O)CC1. The molecule has 0 heterocycles. The summed E-state index contributed by atoms with van der Waals surface area (Å²) < 4.78 is 22.1. The fourth-order valence-corrected chi connectivity index (χ4v) is 2.81. The highest BCUT2D eigenvalue weighted by molar-refractivity contribution is 7.91. The lowest BCUT2D eigenvalue weighted by atomic mass is 9.77. The molecule has 1 saturated carbocycles. The molecular formula is C11H22N2O3S. The Morgan fingerprint density at radius 1 is 1.41 bits per heavy atom. The van der Waals surface area contributed by atoms with E-state index in [0.29, 0.717) is 12.5 Å². The maximum Gasteiger partial charge on any atom is 0.235 e. The number of rotatable bonds is 4. The van der Waals surface area contributed by atoms with Crippen molar-refractivity contribution in [1.82, 2.24) is 5.32 Å². The number of sulfone groups is 1. The van der Waals surface area contributed by atoms with Crippen LogP contribution in [0, 0.1) is 5.92 Å². The fraction of sp³-hybridized carbons (Fsp3) is 0.909. The minimum Gasteiger partial charge on any atom is -0.349 e. The van der Waals surface area contributed by atoms with Crippen LogP contribution < -0.4 is 11.1 Å². The van der Waals surface area contributed by atoms with Crippen LogP contribution in [0.4, 0.5) is 0 Å². The largest absolute Gasteiger partial charge is 0.349 e. The summed E-state index contributed by atoms with van der Waals surface area (Å²) in [5, 5.41) is 2.82. The van der Waals surface area contributed by atoms with E-state index in [2.05, 4.69) is 12.2 Å². The van der Waals surface area contributed by atoms with Gasteiger partial charge in [0.1, 0.15) is 5.75 Å². The van der Waals surface area contributed by atoms with Gasteiger partial charge in [-0.15, -0.1) is 0 Å². The van der Waals surface area contributed by atoms with Crippen LogP contribution in [0.25, 0.3) is 0 Å². The van der Waals surface area contributed by atoms with Crippen LogP contribution in [0.3, 0.4) is 0 Å². The lowest BCUT2D eigenvalue weighted by Gasteiger charge is -2.39. The van der Waals surface area contributed by atoms with E-state index in [1.165, 1.54) is 0 Å². The fourth-order valence-electron chi connectivity index (χ4n) is 2.26. The molecule has 1 fully saturated rings. The van der Waals surface area contributed by atoms with Gasteiger partial charge in [0.15, 0.2) is 9.84 Å². The minimum absolute atomic E-state index is 0.370. The first-order valence-corrected chi connectivity index (χ1v) is 8.01. The van der Waals surface area contributed by atoms with Crippen LogP contribution in [0.5, 0.6) is 0 Å². The van der Waals surface area contributed by atoms with E-state index in [1.807, 2.05) is 0 Å². The number of carbonyl (C=O) groups is 1. The second kappa shape index (κ2) is 5.35. The molecule has 1 rings (SSSR count). The van der Waals surface area contributed by atoms with Crippen molar-refractivity contribution < 1.29 is 13.2 Å². The van der Waals surface area contributed by atoms with E-state index in [1.54, 1.807) is 0 Å². The number of hydrogen-bond acceptors (Lipinski definition) is 4. The maximum atomic E-state index is 11.6. The molecule has 1 aliphatic rings. The van der Waals surface area contributed by atoms with Gasteiger partial charge in [0, 0.05) is 12.8 Å². The van der Waals surface area contributed by atoms with Gasteiger partial charge in [-0.05, 0) is 31.6 Å². The molecule has 5 nitrogen and oxygen atoms in total. The van der Waals surface area contributed by atoms with E-state index in [-0.39, 0.29) is 0 Å². The summed E-state index contributed by atoms with van der Waals surface area (Å²) in [5.74, 6) is -0.237. The Balaban J connectivity index is 2.60. The zero-order chi connectivity index (χ0) is 13.1. The molecule has 1 amide bonds. The summed E-state index contributed by atoms with van der Waals surface area (Å²) >= 11 is 0. The normalized spacial score (nSPS) is 29.9. The van der Waals surface area contributed by atoms with Crippen molar-refractivity contribution in [1.29, 1.82) is 0 Å². The molecule has 0 aliphatic heterocycles. The summed E-state index contributed by atoms with van der Waals surface area (Å²) in [6.07, 6.45) is 4.78. The van der Waals surface area contributed by atoms with Crippen LogP contribution in [-0.2, 0) is 14.6 Å². The molecule has 0 saturated heterocycles. The molecule has 17 heavy (non-hydrogen) atoms. The van der Waals surface area contributed by atoms with Crippen molar-refractivity contribution in [2.24, 2.45) is 11.7 Å². The minimum atomic E-state index is -3.27. The molecule has 6 heteroatoms. The highest BCUT2D eigenvalue weighted by atomic mass is 32.2. The lowest BCUT2D eigenvalue weighted by molar-refractivity contribution is -0.121. The number of nitrogens with one attached hydrogen (secondary N) is 1. The number of nitrogens with two attached hydrogens (primary N) is 1. The molecule has 0 atom stereocenters. The Labute approximate surface area is 103 Å². The molecule has 1 aliphatic carbocycles. The third-order valence-corrected chi connectivity index (χ3v) is 4.21. The Morgan fingerprint density at radius 2 is 1.94 bits per heavy atom. The maximum absolute atomic E-state index is 11.6. The first kappa shape index (κ1) is 14.4. The Bertz CT molecular complexity index is 370. The van der Waals surface area contributed by atoms with Crippen molar-refractivity contribution in [3.05, 3.63) is 0 Å². The Kier molecular flexibility index (Phi) is 4.55. The summed E-state index contributed by atoms with van der Waals surface area (Å²) in [6.45, 7) is 2.55. The first-order chi connectivity index (χ1) is 7.76. The van der Waals surface area contributed by atoms with Crippen LogP contribution in [0.15, 0.2) is 0 Å². The van der Waals surface area contributed by atoms with Crippen LogP contribution >= 0.6 is 0 Å². The van der Waals surface area contributed by atoms with Crippen molar-refractivity contribution >= 4 is 15.7 Å². The summed E-state index contributed by atoms with van der Waals surface area (Å²) in [7, 11) is -3.27. The van der Waals surface area contributed by atoms with Gasteiger partial charge in [0.2, 0.25) is 5.91 Å². The van der Waals surface area contributed by atoms with E-state index < -0.39 is 27.0 Å². The van der Waals surface area contributed by atoms with E-state index in [0.717, 1.165) is 31.9 Å². The van der Waals surface area contributed by atoms with Gasteiger partial charge in [-0.3, -0.25) is 4.79 Å². The number of carbonyl (C=O) groups excluding carboxylic acids is 1. The highest BCUT2D eigenvalue weighted by Gasteiger charge is 2.34. The molecule has 0 aromatic heterocycles. The standard InChI is InChI=1S/C11H22N2O3S/c1-9-3-5-11(8-12,6-4-9)13-10(14)7-17(2,15)16/h9H,3-8,12H2,1-2H3,(H,13,14). The predicted molar refractivity (Wildman–Crippen MR) is 67.3 cm³/mol. The molecule has 0 unspecified atom stereocenters. The van der Waals surface area contributed by atoms with Crippen LogP contribution in [-0.4, -0.2) is 38.4 Å². The highest BCUT2D eigenvalue weighted by Crippen LogP contribution is 2.31. The molecule has 0 aromatic carbocycles. The molecule has 3 N–H and O–H groups in total. The molecule has 0 aromatic rings. The van der Waals surface area contributed by atoms with E-state index >= 15 is 0 Å². The van der Waals surface area contributed by atoms with Crippen molar-refractivity contribution in [2.45, 2.75) is 38.1 Å². The second-order valence-electron chi connectivity index (χ2n) is 5.29. The van der Waals surface area contributed by atoms with Gasteiger partial charge < -0.3 is 11.1 Å². The number of amides is 1. The third kappa shape index (κ3) is 4.63. The van der Waals surface area contributed by atoms with Crippen molar-refractivity contribution in [3.8, 4) is 0 Å². The van der Waals surface area contributed by atoms with E-state index in [4.69, 9.17) is 5.73 Å². The van der Waals surface area contributed by atoms with Gasteiger partial charge >= 0.3 is 0 Å². The first-order valence-electron chi connectivity index (χ1n) is 5.95. The average molecular weight is 262 g/mol. The zero-order valence-electron chi connectivity index (χ0n) is 10.5. The average Bonchev–Trinajstić information content (AvgIpc) is 2.19. The van der Waals surface area contributed by atoms with Gasteiger partial charge in [-0.25, -0.2) is 8.42 Å². The van der Waals surface area contributed by atoms with Gasteiger partial charge in [-0.2, -0.15) is 0 Å². The summed E-state index contributed by atoms with van der Waals surface area (Å²) in [6, 6.07) is 0. The molecule has 0 spiro atoms. The third-order valence-electron chi connectivity index (χ3n) is 3.42. The van der Waals surface area contributed by atoms with E-state index in [9.17, 15) is 13.2 Å². The van der Waals surface area contributed by atoms with Crippen LogP contribution in [0.2, 0.25) is 0 Å². The van der Waals surface area contributed by atoms with Crippen molar-refractivity contribution in [2.75, 3.05) is 18.6 Å². The van der Waals surface area contributed by atoms with Gasteiger partial charge in [0.25, 0.3) is 0 Å². The lowest BCUT2D eigenvalue weighted by Crippen LogP contribution is -2.56. The number of hydrogen-bond donors (Lipinski definition) is 2. The molecule has 0 radical (unpaired) electrons. The predicted octanol–water partition coefficient (Wildman–Crippen LogP) is 0.0548. The Morgan fingerprint density at radius 3 is 2.35 bits per heavy atom. The molecule has 100 valence electrons. The summed E-state index contributed by atoms with van der Waals surface area (Å²) in [4.78, 5) is 11.6. The van der Waals surface area contributed by atoms with Gasteiger partial charge in [0.05, 0.1) is 5.54 Å². The Hall–Kier alpha value is -0.620. The molecular weight excluding hydrogens is 240 g/mol. The topological polar surface area (TPSA) is 89.3 Å². The summed E-state index contributed by atoms with van der Waals surface area (Å²) in [5.41, 5.74) is 5.34. The zero-order valence-corrected chi connectivity index (χ0v) is 11.3. The smallest absolute Gasteiger partial charge is 0.235 e. The van der Waals surface area contributed by atoms with Crippen LogP contribution in [0.1, 0.15) is 32.6 Å².